The molecular weight excluding hydrogens is 892 g/mol. The van der Waals surface area contributed by atoms with Crippen LogP contribution >= 0.6 is 11.3 Å². The van der Waals surface area contributed by atoms with Gasteiger partial charge in [0.15, 0.2) is 6.61 Å². The van der Waals surface area contributed by atoms with Crippen LogP contribution in [0.5, 0.6) is 5.75 Å². The Bertz CT molecular complexity index is 2720. The number of hydrogen-bond acceptors (Lipinski definition) is 11. The number of nitrogens with zero attached hydrogens (tertiary/aromatic N) is 5. The van der Waals surface area contributed by atoms with Crippen LogP contribution in [0.3, 0.4) is 0 Å². The Morgan fingerprint density at radius 3 is 2.33 bits per heavy atom. The fourth-order valence-electron chi connectivity index (χ4n) is 7.50. The summed E-state index contributed by atoms with van der Waals surface area (Å²) >= 11 is 1.54. The summed E-state index contributed by atoms with van der Waals surface area (Å²) in [7, 11) is 0. The first-order valence-electron chi connectivity index (χ1n) is 20.8. The van der Waals surface area contributed by atoms with Crippen molar-refractivity contribution in [1.29, 1.82) is 5.26 Å². The molecule has 15 nitrogen and oxygen atoms in total. The van der Waals surface area contributed by atoms with E-state index < -0.39 is 82.7 Å². The number of amides is 6. The molecular formula is C48H46F3N7O8S. The molecule has 0 spiro atoms. The van der Waals surface area contributed by atoms with Gasteiger partial charge in [-0.1, -0.05) is 45.0 Å². The second-order valence-electron chi connectivity index (χ2n) is 17.2. The largest absolute Gasteiger partial charge is 0.481 e. The summed E-state index contributed by atoms with van der Waals surface area (Å²) in [5.41, 5.74) is 0.321. The third-order valence-electron chi connectivity index (χ3n) is 10.9. The molecule has 3 heterocycles. The van der Waals surface area contributed by atoms with Gasteiger partial charge in [-0.2, -0.15) is 18.4 Å². The van der Waals surface area contributed by atoms with Crippen LogP contribution in [0.25, 0.3) is 10.4 Å². The van der Waals surface area contributed by atoms with Crippen molar-refractivity contribution in [3.8, 4) is 46.1 Å². The fourth-order valence-corrected chi connectivity index (χ4v) is 8.31. The van der Waals surface area contributed by atoms with Gasteiger partial charge in [0.05, 0.1) is 45.1 Å². The number of hydrogen-bond donors (Lipinski definition) is 3. The van der Waals surface area contributed by atoms with E-state index >= 15 is 0 Å². The van der Waals surface area contributed by atoms with Crippen LogP contribution < -0.4 is 25.2 Å². The minimum absolute atomic E-state index is 0.0371. The second-order valence-corrected chi connectivity index (χ2v) is 18.1. The average molecular weight is 938 g/mol. The molecule has 3 N–H and O–H groups in total. The number of β-amino-alcohol motifs (C(OH)–C–C–N with tert-alkyl or cyclic N) is 1. The summed E-state index contributed by atoms with van der Waals surface area (Å²) in [5.74, 6) is 5.56. The molecule has 0 unspecified atom stereocenters. The number of likely N-dealkylation sites (tertiary alicyclic amines) is 1. The van der Waals surface area contributed by atoms with E-state index in [9.17, 15) is 42.3 Å². The molecule has 6 amide bonds. The van der Waals surface area contributed by atoms with E-state index in [-0.39, 0.29) is 37.5 Å². The van der Waals surface area contributed by atoms with Crippen molar-refractivity contribution in [2.75, 3.05) is 29.6 Å². The summed E-state index contributed by atoms with van der Waals surface area (Å²) in [5, 5.41) is 25.2. The number of carbonyl (C=O) groups excluding carboxylic acids is 5. The standard InChI is InChI=1S/C48H46F3N7O8S/c1-29-40(67-28-54-29)31-12-10-30(11-13-31)25-53-42(61)38-23-35(59)26-56(38)43(62)41(46(2,3)4)55-39(60)27-65-20-8-7-9-21-66-36-18-16-33(17-19-36)58-45(64)57(44(63)47(58,5)6)34-15-14-32(24-52)37(22-34)48(49,50)51/h10-19,22,28,35,38,41,59H,21,23,25-27H2,1-6H3,(H,53,61)(H,55,60)/t35-,38+,41-/m1/s1. The summed E-state index contributed by atoms with van der Waals surface area (Å²) in [6, 6.07) is 14.9. The number of aliphatic hydroxyl groups is 1. The van der Waals surface area contributed by atoms with Gasteiger partial charge in [-0.15, -0.1) is 11.3 Å². The molecule has 67 heavy (non-hydrogen) atoms. The van der Waals surface area contributed by atoms with Gasteiger partial charge in [0.2, 0.25) is 11.8 Å². The number of urea groups is 1. The Morgan fingerprint density at radius 1 is 1.01 bits per heavy atom. The van der Waals surface area contributed by atoms with Crippen molar-refractivity contribution >= 4 is 52.4 Å². The maximum atomic E-state index is 13.9. The molecule has 0 saturated carbocycles. The number of halogens is 3. The lowest BCUT2D eigenvalue weighted by molar-refractivity contribution is -0.144. The van der Waals surface area contributed by atoms with Crippen molar-refractivity contribution in [2.24, 2.45) is 5.41 Å². The van der Waals surface area contributed by atoms with E-state index in [1.165, 1.54) is 49.1 Å². The lowest BCUT2D eigenvalue weighted by Crippen LogP contribution is -2.58. The maximum Gasteiger partial charge on any atom is 0.417 e. The Hall–Kier alpha value is -7.40. The van der Waals surface area contributed by atoms with E-state index in [0.717, 1.165) is 38.7 Å². The maximum absolute atomic E-state index is 13.9. The molecule has 19 heteroatoms. The zero-order chi connectivity index (χ0) is 48.8. The lowest BCUT2D eigenvalue weighted by Gasteiger charge is -2.35. The Kier molecular flexibility index (Phi) is 14.6. The number of rotatable bonds is 12. The van der Waals surface area contributed by atoms with E-state index in [0.29, 0.717) is 16.7 Å². The highest BCUT2D eigenvalue weighted by atomic mass is 32.1. The highest BCUT2D eigenvalue weighted by molar-refractivity contribution is 7.13. The first kappa shape index (κ1) is 49.0. The predicted octanol–water partition coefficient (Wildman–Crippen LogP) is 5.93. The molecule has 0 radical (unpaired) electrons. The van der Waals surface area contributed by atoms with Gasteiger partial charge in [0.25, 0.3) is 11.8 Å². The van der Waals surface area contributed by atoms with Gasteiger partial charge in [-0.3, -0.25) is 24.1 Å². The SMILES string of the molecule is Cc1ncsc1-c1ccc(CNC(=O)[C@@H]2C[C@@H](O)CN2C(=O)[C@@H](NC(=O)COC#CC#CCOc2ccc(N3C(=O)N(c4ccc(C#N)c(C(F)(F)F)c4)C(=O)C3(C)C)cc2)C(C)(C)C)cc1. The third kappa shape index (κ3) is 11.2. The van der Waals surface area contributed by atoms with Gasteiger partial charge in [0.1, 0.15) is 36.1 Å². The molecule has 6 rings (SSSR count). The van der Waals surface area contributed by atoms with Crippen molar-refractivity contribution in [3.63, 3.8) is 0 Å². The Labute approximate surface area is 388 Å². The lowest BCUT2D eigenvalue weighted by atomic mass is 9.85. The van der Waals surface area contributed by atoms with Gasteiger partial charge in [0, 0.05) is 31.1 Å². The highest BCUT2D eigenvalue weighted by Gasteiger charge is 2.53. The van der Waals surface area contributed by atoms with Gasteiger partial charge in [-0.25, -0.2) is 14.7 Å². The number of thiazole rings is 1. The summed E-state index contributed by atoms with van der Waals surface area (Å²) in [6.07, 6.45) is -3.49. The number of nitriles is 1. The number of aryl methyl sites for hydroxylation is 1. The molecule has 2 fully saturated rings. The quantitative estimate of drug-likeness (QED) is 0.113. The van der Waals surface area contributed by atoms with E-state index in [2.05, 4.69) is 39.5 Å². The number of imide groups is 1. The minimum Gasteiger partial charge on any atom is -0.481 e. The van der Waals surface area contributed by atoms with Gasteiger partial charge in [-0.05, 0) is 91.6 Å². The number of aromatic nitrogens is 1. The summed E-state index contributed by atoms with van der Waals surface area (Å²) in [6.45, 7) is 9.58. The van der Waals surface area contributed by atoms with Crippen LogP contribution in [0, 0.1) is 47.5 Å². The normalized spacial score (nSPS) is 17.1. The number of benzene rings is 3. The van der Waals surface area contributed by atoms with Crippen LogP contribution in [0.4, 0.5) is 29.3 Å². The number of aliphatic hydroxyl groups excluding tert-OH is 1. The van der Waals surface area contributed by atoms with E-state index in [4.69, 9.17) is 14.7 Å². The molecule has 1 aromatic heterocycles. The van der Waals surface area contributed by atoms with Gasteiger partial charge < -0.3 is 30.1 Å². The topological polar surface area (TPSA) is 194 Å². The Morgan fingerprint density at radius 2 is 1.70 bits per heavy atom. The molecule has 4 aromatic rings. The van der Waals surface area contributed by atoms with E-state index in [1.807, 2.05) is 31.2 Å². The van der Waals surface area contributed by atoms with Crippen molar-refractivity contribution in [2.45, 2.75) is 84.4 Å². The first-order valence-corrected chi connectivity index (χ1v) is 21.7. The molecule has 348 valence electrons. The fraction of sp³-hybridized carbons (Fsp3) is 0.354. The van der Waals surface area contributed by atoms with Gasteiger partial charge >= 0.3 is 12.2 Å². The average Bonchev–Trinajstić information content (AvgIpc) is 3.94. The second kappa shape index (κ2) is 20.0. The van der Waals surface area contributed by atoms with Crippen molar-refractivity contribution in [3.05, 3.63) is 94.6 Å². The zero-order valence-electron chi connectivity index (χ0n) is 37.3. The number of ether oxygens (including phenoxy) is 2. The van der Waals surface area contributed by atoms with Crippen LogP contribution in [0.15, 0.2) is 72.2 Å². The number of nitrogens with one attached hydrogen (secondary N) is 2. The number of carbonyl (C=O) groups is 5. The predicted molar refractivity (Wildman–Crippen MR) is 241 cm³/mol. The summed E-state index contributed by atoms with van der Waals surface area (Å²) in [4.78, 5) is 75.6. The zero-order valence-corrected chi connectivity index (χ0v) is 38.1. The number of anilines is 2. The minimum atomic E-state index is -4.89. The molecule has 3 aromatic carbocycles. The smallest absolute Gasteiger partial charge is 0.417 e. The molecule has 0 bridgehead atoms. The Balaban J connectivity index is 0.976. The molecule has 2 saturated heterocycles. The number of alkyl halides is 3. The van der Waals surface area contributed by atoms with Crippen LogP contribution in [-0.2, 0) is 36.6 Å². The van der Waals surface area contributed by atoms with Crippen molar-refractivity contribution < 1.29 is 51.7 Å². The molecule has 2 aliphatic rings. The monoisotopic (exact) mass is 937 g/mol. The molecule has 2 aliphatic heterocycles. The van der Waals surface area contributed by atoms with Crippen LogP contribution in [0.1, 0.15) is 63.4 Å². The molecule has 0 aliphatic carbocycles. The van der Waals surface area contributed by atoms with Crippen molar-refractivity contribution in [1.82, 2.24) is 20.5 Å². The van der Waals surface area contributed by atoms with Crippen LogP contribution in [-0.4, -0.2) is 88.1 Å². The van der Waals surface area contributed by atoms with E-state index in [1.54, 1.807) is 37.6 Å². The highest BCUT2D eigenvalue weighted by Crippen LogP contribution is 2.40. The summed E-state index contributed by atoms with van der Waals surface area (Å²) < 4.78 is 51.7. The first-order chi connectivity index (χ1) is 31.6. The third-order valence-corrected chi connectivity index (χ3v) is 11.9. The van der Waals surface area contributed by atoms with Crippen LogP contribution in [0.2, 0.25) is 0 Å². The molecule has 3 atom stereocenters.